The van der Waals surface area contributed by atoms with Gasteiger partial charge in [0.1, 0.15) is 40.2 Å². The quantitative estimate of drug-likeness (QED) is 0.549. The zero-order valence-electron chi connectivity index (χ0n) is 21.8. The summed E-state index contributed by atoms with van der Waals surface area (Å²) in [7, 11) is 0. The van der Waals surface area contributed by atoms with E-state index in [1.54, 1.807) is 21.6 Å². The molecular weight excluding hydrogens is 553 g/mol. The van der Waals surface area contributed by atoms with Crippen LogP contribution >= 0.6 is 11.6 Å². The van der Waals surface area contributed by atoms with E-state index >= 15 is 0 Å². The third-order valence-corrected chi connectivity index (χ3v) is 7.61. The van der Waals surface area contributed by atoms with Crippen molar-refractivity contribution in [3.8, 4) is 17.1 Å². The van der Waals surface area contributed by atoms with Crippen LogP contribution in [0.2, 0.25) is 5.02 Å². The Morgan fingerprint density at radius 3 is 2.60 bits per heavy atom. The summed E-state index contributed by atoms with van der Waals surface area (Å²) in [5.74, 6) is -0.782. The summed E-state index contributed by atoms with van der Waals surface area (Å²) in [5.41, 5.74) is 4.10. The first-order valence-electron chi connectivity index (χ1n) is 12.8. The number of fused-ring (bicyclic) bond motifs is 2. The number of aromatic nitrogens is 2. The fourth-order valence-corrected chi connectivity index (χ4v) is 5.60. The standard InChI is InChI=1S/C26H28ClF3N6O4/c1-3-14-11-16(31)32-21(19(14)26(28,29)30)22-20(27)23-18(24(33-22)34-7-9-39-10-8-34)25(38)36-6-5-35(17(37)4-2)12-15(36)13-40-23/h4,11,15H,2-3,5-10,12-13H2,1H3,(H2,31,32)/t15-/m1/s1. The highest BCUT2D eigenvalue weighted by Gasteiger charge is 2.43. The number of nitrogen functional groups attached to an aromatic ring is 1. The number of piperazine rings is 1. The molecule has 2 aromatic heterocycles. The first-order valence-corrected chi connectivity index (χ1v) is 13.2. The first-order chi connectivity index (χ1) is 19.0. The molecule has 2 fully saturated rings. The fraction of sp³-hybridized carbons (Fsp3) is 0.462. The van der Waals surface area contributed by atoms with E-state index in [1.165, 1.54) is 12.1 Å². The molecule has 2 amide bonds. The second-order valence-corrected chi connectivity index (χ2v) is 10.0. The van der Waals surface area contributed by atoms with Crippen LogP contribution in [0.3, 0.4) is 0 Å². The highest BCUT2D eigenvalue weighted by atomic mass is 35.5. The van der Waals surface area contributed by atoms with Crippen molar-refractivity contribution in [3.05, 3.63) is 40.4 Å². The molecule has 2 saturated heterocycles. The smallest absolute Gasteiger partial charge is 0.418 e. The number of halogens is 4. The molecule has 0 aliphatic carbocycles. The Morgan fingerprint density at radius 1 is 1.23 bits per heavy atom. The Hall–Kier alpha value is -3.58. The summed E-state index contributed by atoms with van der Waals surface area (Å²) in [5, 5.41) is -0.273. The molecule has 0 saturated carbocycles. The number of anilines is 2. The Bertz CT molecular complexity index is 1370. The first kappa shape index (κ1) is 28.0. The average molecular weight is 581 g/mol. The minimum atomic E-state index is -4.78. The zero-order valence-corrected chi connectivity index (χ0v) is 22.5. The van der Waals surface area contributed by atoms with Crippen molar-refractivity contribution in [1.29, 1.82) is 0 Å². The van der Waals surface area contributed by atoms with Gasteiger partial charge in [-0.2, -0.15) is 13.2 Å². The molecule has 2 aromatic rings. The van der Waals surface area contributed by atoms with E-state index < -0.39 is 29.4 Å². The Balaban J connectivity index is 1.71. The summed E-state index contributed by atoms with van der Waals surface area (Å²) in [6.45, 7) is 7.13. The Kier molecular flexibility index (Phi) is 7.53. The van der Waals surface area contributed by atoms with E-state index in [4.69, 9.17) is 26.8 Å². The second-order valence-electron chi connectivity index (χ2n) is 9.63. The number of ether oxygens (including phenoxy) is 2. The molecule has 0 radical (unpaired) electrons. The number of rotatable bonds is 4. The van der Waals surface area contributed by atoms with Crippen LogP contribution in [-0.2, 0) is 22.1 Å². The molecule has 5 heterocycles. The number of aryl methyl sites for hydroxylation is 1. The number of alkyl halides is 3. The number of carbonyl (C=O) groups is 2. The monoisotopic (exact) mass is 580 g/mol. The number of carbonyl (C=O) groups excluding carboxylic acids is 2. The Labute approximate surface area is 233 Å². The average Bonchev–Trinajstić information content (AvgIpc) is 3.08. The molecule has 0 bridgehead atoms. The van der Waals surface area contributed by atoms with E-state index in [0.717, 1.165) is 0 Å². The minimum Gasteiger partial charge on any atom is -0.489 e. The lowest BCUT2D eigenvalue weighted by Gasteiger charge is -2.39. The Morgan fingerprint density at radius 2 is 1.95 bits per heavy atom. The minimum absolute atomic E-state index is 0.0396. The fourth-order valence-electron chi connectivity index (χ4n) is 5.32. The molecule has 0 aromatic carbocycles. The molecule has 5 rings (SSSR count). The lowest BCUT2D eigenvalue weighted by Crippen LogP contribution is -2.57. The molecule has 3 aliphatic heterocycles. The van der Waals surface area contributed by atoms with Gasteiger partial charge in [0.15, 0.2) is 5.75 Å². The number of hydrogen-bond donors (Lipinski definition) is 1. The number of amides is 2. The van der Waals surface area contributed by atoms with Crippen molar-refractivity contribution < 1.29 is 32.2 Å². The molecule has 2 N–H and O–H groups in total. The number of morpholine rings is 1. The van der Waals surface area contributed by atoms with Crippen LogP contribution in [0.5, 0.6) is 5.75 Å². The topological polar surface area (TPSA) is 114 Å². The maximum Gasteiger partial charge on any atom is 0.418 e. The summed E-state index contributed by atoms with van der Waals surface area (Å²) < 4.78 is 54.7. The molecule has 10 nitrogen and oxygen atoms in total. The van der Waals surface area contributed by atoms with Crippen molar-refractivity contribution in [2.45, 2.75) is 25.6 Å². The van der Waals surface area contributed by atoms with Crippen molar-refractivity contribution in [2.24, 2.45) is 0 Å². The highest BCUT2D eigenvalue weighted by molar-refractivity contribution is 6.35. The van der Waals surface area contributed by atoms with Gasteiger partial charge in [-0.3, -0.25) is 9.59 Å². The van der Waals surface area contributed by atoms with Gasteiger partial charge in [-0.25, -0.2) is 9.97 Å². The van der Waals surface area contributed by atoms with Crippen molar-refractivity contribution in [2.75, 3.05) is 63.2 Å². The second kappa shape index (κ2) is 10.8. The van der Waals surface area contributed by atoms with Gasteiger partial charge in [0.25, 0.3) is 5.91 Å². The molecule has 3 aliphatic rings. The van der Waals surface area contributed by atoms with Crippen LogP contribution in [0.4, 0.5) is 24.8 Å². The van der Waals surface area contributed by atoms with Crippen LogP contribution < -0.4 is 15.4 Å². The van der Waals surface area contributed by atoms with Crippen LogP contribution in [0, 0.1) is 0 Å². The summed E-state index contributed by atoms with van der Waals surface area (Å²) in [6.07, 6.45) is -3.54. The van der Waals surface area contributed by atoms with Gasteiger partial charge in [-0.05, 0) is 24.1 Å². The zero-order chi connectivity index (χ0) is 28.8. The normalized spacial score (nSPS) is 19.5. The van der Waals surface area contributed by atoms with E-state index in [2.05, 4.69) is 16.5 Å². The number of pyridine rings is 2. The maximum atomic E-state index is 14.4. The molecule has 214 valence electrons. The van der Waals surface area contributed by atoms with Crippen LogP contribution in [-0.4, -0.2) is 90.2 Å². The molecule has 40 heavy (non-hydrogen) atoms. The predicted molar refractivity (Wildman–Crippen MR) is 141 cm³/mol. The molecule has 14 heteroatoms. The lowest BCUT2D eigenvalue weighted by molar-refractivity contribution is -0.137. The lowest BCUT2D eigenvalue weighted by atomic mass is 10.00. The van der Waals surface area contributed by atoms with E-state index in [1.807, 2.05) is 0 Å². The third-order valence-electron chi connectivity index (χ3n) is 7.26. The predicted octanol–water partition coefficient (Wildman–Crippen LogP) is 3.03. The third kappa shape index (κ3) is 4.92. The number of nitrogens with two attached hydrogens (primary N) is 1. The summed E-state index contributed by atoms with van der Waals surface area (Å²) in [6, 6.07) is 0.665. The van der Waals surface area contributed by atoms with Gasteiger partial charge in [0.2, 0.25) is 5.91 Å². The molecule has 0 unspecified atom stereocenters. The molecule has 0 spiro atoms. The number of nitrogens with zero attached hydrogens (tertiary/aromatic N) is 5. The SMILES string of the molecule is C=CC(=O)N1CCN2C(=O)c3c(N4CCOCC4)nc(-c4nc(N)cc(CC)c4C(F)(F)F)c(Cl)c3OC[C@H]2C1. The highest BCUT2D eigenvalue weighted by Crippen LogP contribution is 2.47. The van der Waals surface area contributed by atoms with Crippen LogP contribution in [0.1, 0.15) is 28.4 Å². The number of hydrogen-bond acceptors (Lipinski definition) is 8. The van der Waals surface area contributed by atoms with Crippen molar-refractivity contribution >= 4 is 35.1 Å². The van der Waals surface area contributed by atoms with E-state index in [0.29, 0.717) is 26.3 Å². The van der Waals surface area contributed by atoms with Crippen LogP contribution in [0.15, 0.2) is 18.7 Å². The molecular formula is C26H28ClF3N6O4. The van der Waals surface area contributed by atoms with Crippen molar-refractivity contribution in [3.63, 3.8) is 0 Å². The van der Waals surface area contributed by atoms with Gasteiger partial charge in [0, 0.05) is 32.7 Å². The van der Waals surface area contributed by atoms with Crippen LogP contribution in [0.25, 0.3) is 11.4 Å². The van der Waals surface area contributed by atoms with Gasteiger partial charge in [-0.1, -0.05) is 25.1 Å². The largest absolute Gasteiger partial charge is 0.489 e. The van der Waals surface area contributed by atoms with E-state index in [-0.39, 0.29) is 77.8 Å². The summed E-state index contributed by atoms with van der Waals surface area (Å²) >= 11 is 6.75. The van der Waals surface area contributed by atoms with Gasteiger partial charge < -0.3 is 29.9 Å². The van der Waals surface area contributed by atoms with Gasteiger partial charge >= 0.3 is 6.18 Å². The molecule has 1 atom stereocenters. The van der Waals surface area contributed by atoms with Gasteiger partial charge in [0.05, 0.1) is 24.8 Å². The maximum absolute atomic E-state index is 14.4. The van der Waals surface area contributed by atoms with Crippen molar-refractivity contribution in [1.82, 2.24) is 19.8 Å². The van der Waals surface area contributed by atoms with E-state index in [9.17, 15) is 22.8 Å². The van der Waals surface area contributed by atoms with Gasteiger partial charge in [-0.15, -0.1) is 0 Å². The summed E-state index contributed by atoms with van der Waals surface area (Å²) in [4.78, 5) is 39.8.